The van der Waals surface area contributed by atoms with Crippen molar-refractivity contribution in [2.45, 2.75) is 73.1 Å². The first-order chi connectivity index (χ1) is 37.2. The number of nitrogen functional groups attached to an aromatic ring is 3. The quantitative estimate of drug-likeness (QED) is 0.0174. The first-order valence-corrected chi connectivity index (χ1v) is 28.7. The number of aromatic amines is 2. The number of nitrogens with zero attached hydrogens (tertiary/aromatic N) is 10. The number of rotatable bonds is 22. The fraction of sp³-hybridized carbons (Fsp3) is 0.571. The number of phosphoric acid groups is 4. The zero-order valence-electron chi connectivity index (χ0n) is 40.4. The van der Waals surface area contributed by atoms with Crippen molar-refractivity contribution in [1.29, 1.82) is 0 Å². The zero-order valence-corrected chi connectivity index (χ0v) is 44.0. The molecule has 10 heterocycles. The Morgan fingerprint density at radius 1 is 0.772 bits per heavy atom. The summed E-state index contributed by atoms with van der Waals surface area (Å²) in [5.41, 5.74) is 13.4. The lowest BCUT2D eigenvalue weighted by Crippen LogP contribution is -2.46. The third-order valence-corrected chi connectivity index (χ3v) is 17.8. The van der Waals surface area contributed by atoms with E-state index in [1.54, 1.807) is 0 Å². The monoisotopic (exact) mass is 1200 g/mol. The molecule has 79 heavy (non-hydrogen) atoms. The number of nitrogens with one attached hydrogen (secondary N) is 2. The molecule has 0 spiro atoms. The van der Waals surface area contributed by atoms with Crippen molar-refractivity contribution in [2.75, 3.05) is 64.0 Å². The van der Waals surface area contributed by atoms with Crippen LogP contribution in [0.3, 0.4) is 0 Å². The van der Waals surface area contributed by atoms with E-state index in [4.69, 9.17) is 63.7 Å². The molecule has 4 saturated heterocycles. The van der Waals surface area contributed by atoms with Crippen molar-refractivity contribution >= 4 is 82.5 Å². The topological polar surface area (TPSA) is 560 Å². The second kappa shape index (κ2) is 21.3. The molecule has 40 nitrogen and oxygen atoms in total. The van der Waals surface area contributed by atoms with E-state index in [1.165, 1.54) is 40.5 Å². The average molecular weight is 1200 g/mol. The van der Waals surface area contributed by atoms with Crippen LogP contribution in [0.25, 0.3) is 33.5 Å². The standard InChI is InChI=1S/C35H47N15O25P4/c1-47-12-50(27-17(47)29(55)46-34(38)44-27)31-20(53)21(65-4-3-64-2)14(71-31)6-68-77(58,59)74-79(62,63)75-78(60,61)69-8-35-7-66-22(32(72-35)48-10-41-15-24(36)39-9-40-25(15)48)23(35)73-76(56,57)67-5-13-18(51)19(52)30(70-13)49-11-42-16-26(49)43-33(37)45-28(16)54/h9-14,18-23,30-32,51-53H,3-8H2,1-2H3,(H11-,36,37,38,39,40,43,44,45,46,54,55,56,57,58,59,60,61,62,63)/p+1/t13-,14-,18?,19+,20?,21+,22+,23?,30-,31-,32-,35-/m1/s1. The summed E-state index contributed by atoms with van der Waals surface area (Å²) in [5, 5.41) is 33.2. The molecule has 6 aromatic rings. The fourth-order valence-electron chi connectivity index (χ4n) is 9.19. The van der Waals surface area contributed by atoms with E-state index in [-0.39, 0.29) is 64.4 Å². The lowest BCUT2D eigenvalue weighted by atomic mass is 10.0. The Labute approximate surface area is 438 Å². The highest BCUT2D eigenvalue weighted by Gasteiger charge is 2.66. The lowest BCUT2D eigenvalue weighted by Gasteiger charge is -2.32. The van der Waals surface area contributed by atoms with Crippen LogP contribution in [0, 0.1) is 0 Å². The molecular weight excluding hydrogens is 1150 g/mol. The second-order valence-electron chi connectivity index (χ2n) is 17.8. The number of nitrogens with two attached hydrogens (primary N) is 3. The van der Waals surface area contributed by atoms with E-state index in [9.17, 15) is 62.7 Å². The third-order valence-electron chi connectivity index (χ3n) is 12.6. The number of aryl methyl sites for hydroxylation is 1. The van der Waals surface area contributed by atoms with Crippen molar-refractivity contribution in [3.63, 3.8) is 0 Å². The van der Waals surface area contributed by atoms with Gasteiger partial charge < -0.3 is 80.5 Å². The molecule has 0 radical (unpaired) electrons. The average Bonchev–Trinajstić information content (AvgIpc) is 4.45. The number of methoxy groups -OCH3 is 1. The van der Waals surface area contributed by atoms with E-state index in [0.717, 1.165) is 17.2 Å². The highest BCUT2D eigenvalue weighted by atomic mass is 31.3. The van der Waals surface area contributed by atoms with Gasteiger partial charge in [0.1, 0.15) is 66.3 Å². The van der Waals surface area contributed by atoms with Crippen LogP contribution in [0.5, 0.6) is 0 Å². The second-order valence-corrected chi connectivity index (χ2v) is 23.9. The van der Waals surface area contributed by atoms with Gasteiger partial charge in [-0.15, -0.1) is 0 Å². The summed E-state index contributed by atoms with van der Waals surface area (Å²) < 4.78 is 122. The molecule has 432 valence electrons. The molecule has 0 aromatic carbocycles. The number of imidazole rings is 3. The van der Waals surface area contributed by atoms with Crippen molar-refractivity contribution in [3.05, 3.63) is 46.0 Å². The van der Waals surface area contributed by atoms with Gasteiger partial charge in [-0.3, -0.25) is 51.4 Å². The Bertz CT molecular complexity index is 3620. The molecule has 6 aromatic heterocycles. The maximum atomic E-state index is 13.8. The van der Waals surface area contributed by atoms with Gasteiger partial charge in [0.2, 0.25) is 17.7 Å². The molecule has 15 N–H and O–H groups in total. The molecular formula is C35H48N15O25P4+. The van der Waals surface area contributed by atoms with Crippen LogP contribution >= 0.6 is 31.3 Å². The first kappa shape index (κ1) is 57.1. The maximum Gasteiger partial charge on any atom is 0.490 e. The summed E-state index contributed by atoms with van der Waals surface area (Å²) in [5.74, 6) is -0.672. The molecule has 0 saturated carbocycles. The van der Waals surface area contributed by atoms with Crippen LogP contribution in [0.1, 0.15) is 18.7 Å². The van der Waals surface area contributed by atoms with E-state index in [0.29, 0.717) is 0 Å². The third kappa shape index (κ3) is 11.2. The van der Waals surface area contributed by atoms with Crippen LogP contribution in [-0.4, -0.2) is 190 Å². The fourth-order valence-corrected chi connectivity index (χ4v) is 13.8. The number of aliphatic hydroxyl groups is 3. The SMILES string of the molecule is COCCO[C@@H]1C(O)[C@H]([n+]2cn(C)c3c(=O)[nH]c(N)nc32)O[C@@H]1COP(=O)(O)OP(=O)(O)OP(=O)(O)OC[C@]12CO[C@@H](C1OP(=O)(O)OC[C@H]1O[C@@H](n3cnc4c(=O)[nH]c(N)nc43)[C@@H](O)C1O)[C@H](n1cnc3c(N)ncnc31)O2. The summed E-state index contributed by atoms with van der Waals surface area (Å²) in [6, 6.07) is 0. The van der Waals surface area contributed by atoms with Crippen molar-refractivity contribution in [2.24, 2.45) is 7.05 Å². The molecule has 10 rings (SSSR count). The van der Waals surface area contributed by atoms with Gasteiger partial charge in [0, 0.05) is 7.11 Å². The smallest absolute Gasteiger partial charge is 0.387 e. The predicted molar refractivity (Wildman–Crippen MR) is 252 cm³/mol. The minimum atomic E-state index is -6.22. The van der Waals surface area contributed by atoms with E-state index in [1.807, 2.05) is 0 Å². The summed E-state index contributed by atoms with van der Waals surface area (Å²) in [4.78, 5) is 96.8. The summed E-state index contributed by atoms with van der Waals surface area (Å²) >= 11 is 0. The molecule has 0 amide bonds. The number of H-pyrrole nitrogens is 2. The van der Waals surface area contributed by atoms with E-state index >= 15 is 0 Å². The van der Waals surface area contributed by atoms with Gasteiger partial charge in [0.05, 0.1) is 59.3 Å². The molecule has 44 heteroatoms. The summed E-state index contributed by atoms with van der Waals surface area (Å²) in [6.07, 6.45) is -12.7. The van der Waals surface area contributed by atoms with E-state index in [2.05, 4.69) is 48.5 Å². The van der Waals surface area contributed by atoms with Crippen LogP contribution in [0.2, 0.25) is 0 Å². The molecule has 4 aliphatic rings. The Hall–Kier alpha value is -5.19. The largest absolute Gasteiger partial charge is 0.490 e. The molecule has 2 bridgehead atoms. The van der Waals surface area contributed by atoms with Crippen molar-refractivity contribution < 1.29 is 113 Å². The number of hydrogen-bond donors (Lipinski definition) is 12. The number of fused-ring (bicyclic) bond motifs is 5. The maximum absolute atomic E-state index is 13.8. The van der Waals surface area contributed by atoms with Gasteiger partial charge in [0.15, 0.2) is 41.4 Å². The summed E-state index contributed by atoms with van der Waals surface area (Å²) in [7, 11) is -20.7. The Morgan fingerprint density at radius 3 is 2.16 bits per heavy atom. The Balaban J connectivity index is 0.818. The molecule has 16 atom stereocenters. The van der Waals surface area contributed by atoms with Crippen molar-refractivity contribution in [1.82, 2.24) is 53.6 Å². The van der Waals surface area contributed by atoms with Crippen molar-refractivity contribution in [3.8, 4) is 0 Å². The number of aromatic nitrogens is 12. The van der Waals surface area contributed by atoms with Gasteiger partial charge in [-0.2, -0.15) is 13.6 Å². The number of hydrogen-bond acceptors (Lipinski definition) is 30. The Morgan fingerprint density at radius 2 is 1.43 bits per heavy atom. The minimum absolute atomic E-state index is 0.00514. The highest BCUT2D eigenvalue weighted by Crippen LogP contribution is 2.68. The van der Waals surface area contributed by atoms with Crippen LogP contribution in [0.4, 0.5) is 17.7 Å². The number of ether oxygens (including phenoxy) is 6. The van der Waals surface area contributed by atoms with Crippen LogP contribution in [-0.2, 0) is 80.4 Å². The summed E-state index contributed by atoms with van der Waals surface area (Å²) in [6.45, 7) is -4.13. The number of anilines is 3. The van der Waals surface area contributed by atoms with Gasteiger partial charge in [-0.25, -0.2) is 42.8 Å². The molecule has 4 fully saturated rings. The van der Waals surface area contributed by atoms with Crippen LogP contribution < -0.4 is 32.9 Å². The zero-order chi connectivity index (χ0) is 56.7. The minimum Gasteiger partial charge on any atom is -0.387 e. The van der Waals surface area contributed by atoms with Gasteiger partial charge >= 0.3 is 36.9 Å². The number of phosphoric ester groups is 3. The van der Waals surface area contributed by atoms with Crippen LogP contribution in [0.15, 0.2) is 34.9 Å². The lowest BCUT2D eigenvalue weighted by molar-refractivity contribution is -0.745. The van der Waals surface area contributed by atoms with Gasteiger partial charge in [0.25, 0.3) is 17.1 Å². The molecule has 0 aliphatic carbocycles. The normalized spacial score (nSPS) is 31.0. The number of aliphatic hydroxyl groups excluding tert-OH is 3. The molecule has 7 unspecified atom stereocenters. The highest BCUT2D eigenvalue weighted by molar-refractivity contribution is 7.66. The molecule has 4 aliphatic heterocycles. The van der Waals surface area contributed by atoms with E-state index < -0.39 is 142 Å². The first-order valence-electron chi connectivity index (χ1n) is 22.7. The van der Waals surface area contributed by atoms with Gasteiger partial charge in [-0.1, -0.05) is 4.98 Å². The predicted octanol–water partition coefficient (Wildman–Crippen LogP) is -4.29. The Kier molecular flexibility index (Phi) is 15.4. The van der Waals surface area contributed by atoms with Gasteiger partial charge in [-0.05, 0) is 0 Å².